The zero-order chi connectivity index (χ0) is 19.0. The molecule has 0 radical (unpaired) electrons. The number of nitrogens with zero attached hydrogens (tertiary/aromatic N) is 2. The molecule has 1 saturated heterocycles. The Labute approximate surface area is 154 Å². The van der Waals surface area contributed by atoms with Gasteiger partial charge in [0.15, 0.2) is 0 Å². The van der Waals surface area contributed by atoms with E-state index in [2.05, 4.69) is 9.97 Å². The number of carbonyl (C=O) groups excluding carboxylic acids is 1. The SMILES string of the molecule is Cn1c(=O)[nH]cc(C(=O)N2CCC(Oc3cccc4[nH]ccc34)CC2)c1=O. The van der Waals surface area contributed by atoms with E-state index >= 15 is 0 Å². The number of aromatic nitrogens is 3. The molecule has 1 aromatic carbocycles. The van der Waals surface area contributed by atoms with Gasteiger partial charge >= 0.3 is 5.69 Å². The molecule has 1 fully saturated rings. The van der Waals surface area contributed by atoms with Crippen molar-refractivity contribution in [3.8, 4) is 5.75 Å². The highest BCUT2D eigenvalue weighted by molar-refractivity contribution is 5.93. The number of likely N-dealkylation sites (tertiary alicyclic amines) is 1. The highest BCUT2D eigenvalue weighted by atomic mass is 16.5. The number of aromatic amines is 2. The van der Waals surface area contributed by atoms with Gasteiger partial charge in [-0.05, 0) is 18.2 Å². The number of carbonyl (C=O) groups is 1. The molecule has 140 valence electrons. The Morgan fingerprint density at radius 1 is 1.15 bits per heavy atom. The minimum absolute atomic E-state index is 0.00737. The highest BCUT2D eigenvalue weighted by Gasteiger charge is 2.27. The molecule has 3 heterocycles. The lowest BCUT2D eigenvalue weighted by Gasteiger charge is -2.32. The van der Waals surface area contributed by atoms with E-state index in [4.69, 9.17) is 4.74 Å². The Hall–Kier alpha value is -3.29. The molecule has 8 nitrogen and oxygen atoms in total. The molecule has 2 N–H and O–H groups in total. The van der Waals surface area contributed by atoms with Crippen molar-refractivity contribution in [3.05, 3.63) is 63.1 Å². The number of amides is 1. The molecule has 1 amide bonds. The molecule has 3 aromatic rings. The van der Waals surface area contributed by atoms with Gasteiger partial charge in [0, 0.05) is 56.3 Å². The highest BCUT2D eigenvalue weighted by Crippen LogP contribution is 2.27. The van der Waals surface area contributed by atoms with Crippen LogP contribution in [-0.2, 0) is 7.05 Å². The van der Waals surface area contributed by atoms with E-state index in [0.29, 0.717) is 25.9 Å². The molecule has 0 aliphatic carbocycles. The number of ether oxygens (including phenoxy) is 1. The van der Waals surface area contributed by atoms with Gasteiger partial charge < -0.3 is 19.6 Å². The fourth-order valence-corrected chi connectivity index (χ4v) is 3.40. The zero-order valence-corrected chi connectivity index (χ0v) is 14.9. The van der Waals surface area contributed by atoms with Crippen LogP contribution < -0.4 is 16.0 Å². The van der Waals surface area contributed by atoms with Gasteiger partial charge in [-0.15, -0.1) is 0 Å². The first-order valence-electron chi connectivity index (χ1n) is 8.85. The molecule has 27 heavy (non-hydrogen) atoms. The summed E-state index contributed by atoms with van der Waals surface area (Å²) in [7, 11) is 1.35. The molecule has 0 saturated carbocycles. The molecule has 4 rings (SSSR count). The monoisotopic (exact) mass is 368 g/mol. The molecule has 0 spiro atoms. The van der Waals surface area contributed by atoms with Gasteiger partial charge in [-0.2, -0.15) is 0 Å². The number of benzene rings is 1. The largest absolute Gasteiger partial charge is 0.490 e. The number of fused-ring (bicyclic) bond motifs is 1. The molecule has 2 aromatic heterocycles. The second-order valence-corrected chi connectivity index (χ2v) is 6.68. The molecular weight excluding hydrogens is 348 g/mol. The molecule has 0 unspecified atom stereocenters. The van der Waals surface area contributed by atoms with Crippen molar-refractivity contribution in [1.29, 1.82) is 0 Å². The van der Waals surface area contributed by atoms with Crippen LogP contribution in [0.25, 0.3) is 10.9 Å². The van der Waals surface area contributed by atoms with E-state index in [1.165, 1.54) is 13.2 Å². The third-order valence-corrected chi connectivity index (χ3v) is 4.99. The number of hydrogen-bond donors (Lipinski definition) is 2. The first-order valence-corrected chi connectivity index (χ1v) is 8.85. The van der Waals surface area contributed by atoms with E-state index in [9.17, 15) is 14.4 Å². The summed E-state index contributed by atoms with van der Waals surface area (Å²) < 4.78 is 7.05. The summed E-state index contributed by atoms with van der Waals surface area (Å²) in [6.07, 6.45) is 4.44. The molecule has 8 heteroatoms. The quantitative estimate of drug-likeness (QED) is 0.726. The van der Waals surface area contributed by atoms with Crippen molar-refractivity contribution in [2.24, 2.45) is 7.05 Å². The van der Waals surface area contributed by atoms with E-state index in [0.717, 1.165) is 21.2 Å². The standard InChI is InChI=1S/C19H20N4O4/c1-22-17(24)14(11-21-19(22)26)18(25)23-9-6-12(7-10-23)27-16-4-2-3-15-13(16)5-8-20-15/h2-5,8,11-12,20H,6-7,9-10H2,1H3,(H,21,26). The number of H-pyrrole nitrogens is 2. The smallest absolute Gasteiger partial charge is 0.328 e. The Bertz CT molecular complexity index is 1100. The average molecular weight is 368 g/mol. The minimum atomic E-state index is -0.582. The molecule has 0 atom stereocenters. The summed E-state index contributed by atoms with van der Waals surface area (Å²) in [5, 5.41) is 1.03. The van der Waals surface area contributed by atoms with Crippen LogP contribution in [0.4, 0.5) is 0 Å². The Kier molecular flexibility index (Phi) is 4.31. The number of rotatable bonds is 3. The topological polar surface area (TPSA) is 100 Å². The van der Waals surface area contributed by atoms with Crippen LogP contribution >= 0.6 is 0 Å². The Balaban J connectivity index is 1.44. The van der Waals surface area contributed by atoms with Crippen LogP contribution in [0.5, 0.6) is 5.75 Å². The lowest BCUT2D eigenvalue weighted by molar-refractivity contribution is 0.0595. The molecule has 0 bridgehead atoms. The summed E-state index contributed by atoms with van der Waals surface area (Å²) in [6, 6.07) is 7.86. The molecule has 1 aliphatic rings. The van der Waals surface area contributed by atoms with E-state index in [1.54, 1.807) is 4.90 Å². The van der Waals surface area contributed by atoms with Gasteiger partial charge in [-0.25, -0.2) is 4.79 Å². The zero-order valence-electron chi connectivity index (χ0n) is 14.9. The van der Waals surface area contributed by atoms with Crippen LogP contribution in [0.2, 0.25) is 0 Å². The lowest BCUT2D eigenvalue weighted by atomic mass is 10.1. The van der Waals surface area contributed by atoms with Gasteiger partial charge in [0.2, 0.25) is 0 Å². The number of nitrogens with one attached hydrogen (secondary N) is 2. The first-order chi connectivity index (χ1) is 13.0. The second kappa shape index (κ2) is 6.79. The summed E-state index contributed by atoms with van der Waals surface area (Å²) in [5.41, 5.74) is -0.119. The van der Waals surface area contributed by atoms with Crippen LogP contribution in [0, 0.1) is 0 Å². The number of hydrogen-bond acceptors (Lipinski definition) is 4. The maximum absolute atomic E-state index is 12.6. The van der Waals surface area contributed by atoms with Gasteiger partial charge in [-0.3, -0.25) is 14.2 Å². The maximum Gasteiger partial charge on any atom is 0.328 e. The predicted molar refractivity (Wildman–Crippen MR) is 100 cm³/mol. The van der Waals surface area contributed by atoms with Gasteiger partial charge in [0.25, 0.3) is 11.5 Å². The Morgan fingerprint density at radius 2 is 1.93 bits per heavy atom. The third kappa shape index (κ3) is 3.14. The third-order valence-electron chi connectivity index (χ3n) is 4.99. The van der Waals surface area contributed by atoms with Crippen LogP contribution in [0.3, 0.4) is 0 Å². The normalized spacial score (nSPS) is 15.2. The van der Waals surface area contributed by atoms with Gasteiger partial charge in [0.1, 0.15) is 17.4 Å². The summed E-state index contributed by atoms with van der Waals surface area (Å²) in [6.45, 7) is 0.990. The molecular formula is C19H20N4O4. The van der Waals surface area contributed by atoms with Crippen molar-refractivity contribution < 1.29 is 9.53 Å². The van der Waals surface area contributed by atoms with Gasteiger partial charge in [-0.1, -0.05) is 6.07 Å². The van der Waals surface area contributed by atoms with E-state index < -0.39 is 11.2 Å². The summed E-state index contributed by atoms with van der Waals surface area (Å²) in [5.74, 6) is 0.464. The van der Waals surface area contributed by atoms with Crippen LogP contribution in [0.1, 0.15) is 23.2 Å². The van der Waals surface area contributed by atoms with E-state index in [-0.39, 0.29) is 17.6 Å². The second-order valence-electron chi connectivity index (χ2n) is 6.68. The van der Waals surface area contributed by atoms with Crippen molar-refractivity contribution in [2.45, 2.75) is 18.9 Å². The van der Waals surface area contributed by atoms with Crippen LogP contribution in [0.15, 0.2) is 46.2 Å². The van der Waals surface area contributed by atoms with Crippen LogP contribution in [-0.4, -0.2) is 44.5 Å². The summed E-state index contributed by atoms with van der Waals surface area (Å²) in [4.78, 5) is 43.4. The summed E-state index contributed by atoms with van der Waals surface area (Å²) >= 11 is 0. The first kappa shape index (κ1) is 17.1. The van der Waals surface area contributed by atoms with Crippen molar-refractivity contribution in [2.75, 3.05) is 13.1 Å². The van der Waals surface area contributed by atoms with Crippen molar-refractivity contribution in [1.82, 2.24) is 19.4 Å². The predicted octanol–water partition coefficient (Wildman–Crippen LogP) is 1.24. The maximum atomic E-state index is 12.6. The number of piperidine rings is 1. The van der Waals surface area contributed by atoms with Gasteiger partial charge in [0.05, 0.1) is 0 Å². The van der Waals surface area contributed by atoms with Crippen molar-refractivity contribution >= 4 is 16.8 Å². The Morgan fingerprint density at radius 3 is 2.70 bits per heavy atom. The average Bonchev–Trinajstić information content (AvgIpc) is 3.16. The van der Waals surface area contributed by atoms with E-state index in [1.807, 2.05) is 30.5 Å². The minimum Gasteiger partial charge on any atom is -0.490 e. The fraction of sp³-hybridized carbons (Fsp3) is 0.316. The lowest BCUT2D eigenvalue weighted by Crippen LogP contribution is -2.45. The molecule has 1 aliphatic heterocycles. The van der Waals surface area contributed by atoms with Crippen molar-refractivity contribution in [3.63, 3.8) is 0 Å². The fourth-order valence-electron chi connectivity index (χ4n) is 3.40.